The van der Waals surface area contributed by atoms with Crippen LogP contribution in [-0.4, -0.2) is 17.0 Å². The lowest BCUT2D eigenvalue weighted by Gasteiger charge is -2.18. The molecule has 4 heteroatoms. The van der Waals surface area contributed by atoms with Crippen LogP contribution >= 0.6 is 15.9 Å². The van der Waals surface area contributed by atoms with E-state index < -0.39 is 0 Å². The molecule has 20 heavy (non-hydrogen) atoms. The lowest BCUT2D eigenvalue weighted by Crippen LogP contribution is -2.19. The molecule has 3 rings (SSSR count). The van der Waals surface area contributed by atoms with Crippen LogP contribution in [-0.2, 0) is 0 Å². The Bertz CT molecular complexity index is 728. The Hall–Kier alpha value is -1.78. The van der Waals surface area contributed by atoms with Crippen molar-refractivity contribution < 1.29 is 0 Å². The average Bonchev–Trinajstić information content (AvgIpc) is 2.49. The second-order valence-corrected chi connectivity index (χ2v) is 5.41. The van der Waals surface area contributed by atoms with Gasteiger partial charge in [-0.15, -0.1) is 0 Å². The predicted octanol–water partition coefficient (Wildman–Crippen LogP) is 3.70. The maximum atomic E-state index is 4.79. The van der Waals surface area contributed by atoms with Gasteiger partial charge in [-0.1, -0.05) is 24.3 Å². The van der Waals surface area contributed by atoms with Gasteiger partial charge in [-0.3, -0.25) is 4.98 Å². The molecule has 0 aliphatic rings. The number of fused-ring (bicyclic) bond motifs is 1. The first-order chi connectivity index (χ1) is 9.79. The lowest BCUT2D eigenvalue weighted by molar-refractivity contribution is 0.668. The number of nitrogens with one attached hydrogen (secondary N) is 1. The molecule has 1 unspecified atom stereocenters. The molecule has 0 fully saturated rings. The van der Waals surface area contributed by atoms with Crippen molar-refractivity contribution in [2.75, 3.05) is 7.05 Å². The summed E-state index contributed by atoms with van der Waals surface area (Å²) in [5.74, 6) is 0. The van der Waals surface area contributed by atoms with Gasteiger partial charge < -0.3 is 5.32 Å². The van der Waals surface area contributed by atoms with E-state index in [1.807, 2.05) is 37.5 Å². The summed E-state index contributed by atoms with van der Waals surface area (Å²) in [5, 5.41) is 4.44. The Morgan fingerprint density at radius 2 is 2.00 bits per heavy atom. The summed E-state index contributed by atoms with van der Waals surface area (Å²) < 4.78 is 0.999. The molecule has 1 atom stereocenters. The largest absolute Gasteiger partial charge is 0.308 e. The standard InChI is InChI=1S/C16H14BrN3/c1-18-15(12-6-4-8-19-10-12)16-13(17)9-11-5-2-3-7-14(11)20-16/h2-10,15,18H,1H3. The minimum Gasteiger partial charge on any atom is -0.308 e. The van der Waals surface area contributed by atoms with Crippen LogP contribution in [0.25, 0.3) is 10.9 Å². The molecule has 3 aromatic rings. The second-order valence-electron chi connectivity index (χ2n) is 4.56. The fraction of sp³-hybridized carbons (Fsp3) is 0.125. The minimum absolute atomic E-state index is 0.0164. The molecule has 0 aliphatic heterocycles. The van der Waals surface area contributed by atoms with E-state index in [0.29, 0.717) is 0 Å². The average molecular weight is 328 g/mol. The first-order valence-electron chi connectivity index (χ1n) is 6.42. The fourth-order valence-corrected chi connectivity index (χ4v) is 2.88. The van der Waals surface area contributed by atoms with Gasteiger partial charge in [0.2, 0.25) is 0 Å². The van der Waals surface area contributed by atoms with E-state index >= 15 is 0 Å². The van der Waals surface area contributed by atoms with Crippen LogP contribution in [0, 0.1) is 0 Å². The Balaban J connectivity index is 2.14. The topological polar surface area (TPSA) is 37.8 Å². The zero-order valence-corrected chi connectivity index (χ0v) is 12.6. The summed E-state index contributed by atoms with van der Waals surface area (Å²) >= 11 is 3.63. The molecule has 0 spiro atoms. The molecule has 3 nitrogen and oxygen atoms in total. The van der Waals surface area contributed by atoms with Crippen LogP contribution in [0.3, 0.4) is 0 Å². The number of pyridine rings is 2. The molecule has 1 aromatic carbocycles. The maximum Gasteiger partial charge on any atom is 0.0775 e. The van der Waals surface area contributed by atoms with Crippen molar-refractivity contribution in [3.63, 3.8) is 0 Å². The molecule has 0 saturated carbocycles. The smallest absolute Gasteiger partial charge is 0.0775 e. The van der Waals surface area contributed by atoms with E-state index in [9.17, 15) is 0 Å². The Morgan fingerprint density at radius 1 is 1.15 bits per heavy atom. The van der Waals surface area contributed by atoms with Gasteiger partial charge in [0, 0.05) is 22.3 Å². The van der Waals surface area contributed by atoms with E-state index in [-0.39, 0.29) is 6.04 Å². The summed E-state index contributed by atoms with van der Waals surface area (Å²) in [5.41, 5.74) is 3.06. The van der Waals surface area contributed by atoms with Gasteiger partial charge in [0.05, 0.1) is 17.3 Å². The van der Waals surface area contributed by atoms with Crippen LogP contribution in [0.15, 0.2) is 59.3 Å². The number of benzene rings is 1. The summed E-state index contributed by atoms with van der Waals surface area (Å²) in [4.78, 5) is 8.97. The van der Waals surface area contributed by atoms with Crippen LogP contribution in [0.2, 0.25) is 0 Å². The highest BCUT2D eigenvalue weighted by molar-refractivity contribution is 9.10. The molecule has 2 aromatic heterocycles. The number of para-hydroxylation sites is 1. The third-order valence-corrected chi connectivity index (χ3v) is 3.92. The van der Waals surface area contributed by atoms with Gasteiger partial charge in [0.15, 0.2) is 0 Å². The molecular weight excluding hydrogens is 314 g/mol. The number of hydrogen-bond donors (Lipinski definition) is 1. The molecule has 0 aliphatic carbocycles. The number of halogens is 1. The third-order valence-electron chi connectivity index (χ3n) is 3.28. The van der Waals surface area contributed by atoms with Crippen LogP contribution in [0.1, 0.15) is 17.3 Å². The molecule has 2 heterocycles. The normalized spacial score (nSPS) is 12.5. The highest BCUT2D eigenvalue weighted by atomic mass is 79.9. The molecular formula is C16H14BrN3. The van der Waals surface area contributed by atoms with Crippen molar-refractivity contribution in [3.05, 3.63) is 70.6 Å². The molecule has 1 N–H and O–H groups in total. The molecule has 0 saturated heterocycles. The number of rotatable bonds is 3. The van der Waals surface area contributed by atoms with Crippen LogP contribution in [0.5, 0.6) is 0 Å². The molecule has 0 radical (unpaired) electrons. The van der Waals surface area contributed by atoms with Gasteiger partial charge in [0.1, 0.15) is 0 Å². The second kappa shape index (κ2) is 5.69. The van der Waals surface area contributed by atoms with Crippen molar-refractivity contribution >= 4 is 26.8 Å². The number of aromatic nitrogens is 2. The molecule has 0 bridgehead atoms. The van der Waals surface area contributed by atoms with E-state index in [2.05, 4.69) is 44.4 Å². The minimum atomic E-state index is 0.0164. The highest BCUT2D eigenvalue weighted by Crippen LogP contribution is 2.29. The maximum absolute atomic E-state index is 4.79. The van der Waals surface area contributed by atoms with Gasteiger partial charge in [-0.2, -0.15) is 0 Å². The van der Waals surface area contributed by atoms with E-state index in [0.717, 1.165) is 26.6 Å². The predicted molar refractivity (Wildman–Crippen MR) is 84.6 cm³/mol. The highest BCUT2D eigenvalue weighted by Gasteiger charge is 2.17. The van der Waals surface area contributed by atoms with Crippen molar-refractivity contribution in [2.24, 2.45) is 0 Å². The third kappa shape index (κ3) is 2.44. The Kier molecular flexibility index (Phi) is 3.76. The van der Waals surface area contributed by atoms with E-state index in [1.54, 1.807) is 6.20 Å². The van der Waals surface area contributed by atoms with Gasteiger partial charge in [-0.05, 0) is 46.7 Å². The fourth-order valence-electron chi connectivity index (χ4n) is 2.32. The van der Waals surface area contributed by atoms with Gasteiger partial charge in [-0.25, -0.2) is 4.98 Å². The van der Waals surface area contributed by atoms with E-state index in [1.165, 1.54) is 0 Å². The Labute approximate surface area is 126 Å². The molecule has 0 amide bonds. The first-order valence-corrected chi connectivity index (χ1v) is 7.21. The molecule has 100 valence electrons. The van der Waals surface area contributed by atoms with E-state index in [4.69, 9.17) is 4.98 Å². The summed E-state index contributed by atoms with van der Waals surface area (Å²) in [6, 6.07) is 14.2. The van der Waals surface area contributed by atoms with Crippen molar-refractivity contribution in [3.8, 4) is 0 Å². The Morgan fingerprint density at radius 3 is 2.75 bits per heavy atom. The SMILES string of the molecule is CNC(c1cccnc1)c1nc2ccccc2cc1Br. The van der Waals surface area contributed by atoms with Gasteiger partial charge >= 0.3 is 0 Å². The van der Waals surface area contributed by atoms with Crippen molar-refractivity contribution in [2.45, 2.75) is 6.04 Å². The lowest BCUT2D eigenvalue weighted by atomic mass is 10.0. The summed E-state index contributed by atoms with van der Waals surface area (Å²) in [6.07, 6.45) is 3.64. The van der Waals surface area contributed by atoms with Crippen LogP contribution < -0.4 is 5.32 Å². The van der Waals surface area contributed by atoms with Gasteiger partial charge in [0.25, 0.3) is 0 Å². The van der Waals surface area contributed by atoms with Crippen molar-refractivity contribution in [1.82, 2.24) is 15.3 Å². The van der Waals surface area contributed by atoms with Crippen LogP contribution in [0.4, 0.5) is 0 Å². The quantitative estimate of drug-likeness (QED) is 0.797. The zero-order chi connectivity index (χ0) is 13.9. The number of hydrogen-bond acceptors (Lipinski definition) is 3. The summed E-state index contributed by atoms with van der Waals surface area (Å²) in [7, 11) is 1.93. The number of nitrogens with zero attached hydrogens (tertiary/aromatic N) is 2. The zero-order valence-electron chi connectivity index (χ0n) is 11.0. The summed E-state index contributed by atoms with van der Waals surface area (Å²) in [6.45, 7) is 0. The monoisotopic (exact) mass is 327 g/mol. The first kappa shape index (κ1) is 13.2. The van der Waals surface area contributed by atoms with Crippen molar-refractivity contribution in [1.29, 1.82) is 0 Å².